The van der Waals surface area contributed by atoms with Crippen molar-refractivity contribution in [1.82, 2.24) is 25.1 Å². The fourth-order valence-electron chi connectivity index (χ4n) is 4.40. The summed E-state index contributed by atoms with van der Waals surface area (Å²) in [6, 6.07) is 10.9. The van der Waals surface area contributed by atoms with Crippen LogP contribution in [0.3, 0.4) is 0 Å². The van der Waals surface area contributed by atoms with Crippen LogP contribution in [0, 0.1) is 0 Å². The minimum absolute atomic E-state index is 0. The number of nitrogens with zero attached hydrogens (tertiary/aromatic N) is 6. The van der Waals surface area contributed by atoms with E-state index < -0.39 is 0 Å². The number of rotatable bonds is 5. The van der Waals surface area contributed by atoms with E-state index in [1.807, 2.05) is 13.1 Å². The van der Waals surface area contributed by atoms with Crippen LogP contribution in [0.25, 0.3) is 0 Å². The number of anilines is 1. The summed E-state index contributed by atoms with van der Waals surface area (Å²) in [5.41, 5.74) is 2.70. The van der Waals surface area contributed by atoms with Crippen molar-refractivity contribution in [2.45, 2.75) is 38.8 Å². The smallest absolute Gasteiger partial charge is 0.225 e. The zero-order chi connectivity index (χ0) is 21.3. The Bertz CT molecular complexity index is 812. The highest BCUT2D eigenvalue weighted by Gasteiger charge is 2.21. The van der Waals surface area contributed by atoms with E-state index in [2.05, 4.69) is 59.2 Å². The zero-order valence-electron chi connectivity index (χ0n) is 19.1. The van der Waals surface area contributed by atoms with Crippen LogP contribution in [0.2, 0.25) is 0 Å². The third kappa shape index (κ3) is 7.03. The molecule has 4 rings (SSSR count). The first-order chi connectivity index (χ1) is 15.3. The lowest BCUT2D eigenvalue weighted by molar-refractivity contribution is 0.277. The number of halogens is 1. The second kappa shape index (κ2) is 12.9. The highest BCUT2D eigenvalue weighted by atomic mass is 127. The lowest BCUT2D eigenvalue weighted by Gasteiger charge is -2.36. The molecule has 3 heterocycles. The van der Waals surface area contributed by atoms with Gasteiger partial charge in [0, 0.05) is 58.7 Å². The fourth-order valence-corrected chi connectivity index (χ4v) is 4.40. The van der Waals surface area contributed by atoms with Crippen LogP contribution in [-0.2, 0) is 13.1 Å². The molecule has 0 amide bonds. The molecule has 1 aromatic heterocycles. The van der Waals surface area contributed by atoms with Gasteiger partial charge in [0.05, 0.1) is 0 Å². The van der Waals surface area contributed by atoms with Crippen LogP contribution >= 0.6 is 24.0 Å². The highest BCUT2D eigenvalue weighted by molar-refractivity contribution is 14.0. The molecule has 2 aromatic rings. The van der Waals surface area contributed by atoms with Crippen LogP contribution in [0.15, 0.2) is 47.7 Å². The van der Waals surface area contributed by atoms with Gasteiger partial charge in [-0.1, -0.05) is 37.1 Å². The van der Waals surface area contributed by atoms with Gasteiger partial charge in [0.2, 0.25) is 5.95 Å². The Kier molecular flexibility index (Phi) is 9.98. The summed E-state index contributed by atoms with van der Waals surface area (Å²) in [5.74, 6) is 1.77. The molecule has 0 saturated carbocycles. The third-order valence-electron chi connectivity index (χ3n) is 6.20. The lowest BCUT2D eigenvalue weighted by atomic mass is 10.1. The van der Waals surface area contributed by atoms with Crippen molar-refractivity contribution in [3.05, 3.63) is 53.9 Å². The number of guanidine groups is 1. The number of piperazine rings is 1. The van der Waals surface area contributed by atoms with E-state index in [4.69, 9.17) is 0 Å². The maximum Gasteiger partial charge on any atom is 0.225 e. The Morgan fingerprint density at radius 1 is 0.875 bits per heavy atom. The average molecular weight is 550 g/mol. The number of aliphatic imine (C=N–C) groups is 1. The van der Waals surface area contributed by atoms with Crippen LogP contribution in [0.5, 0.6) is 0 Å². The molecule has 2 aliphatic rings. The van der Waals surface area contributed by atoms with Crippen molar-refractivity contribution in [3.63, 3.8) is 0 Å². The van der Waals surface area contributed by atoms with Gasteiger partial charge in [-0.15, -0.1) is 24.0 Å². The van der Waals surface area contributed by atoms with Gasteiger partial charge >= 0.3 is 0 Å². The first kappa shape index (κ1) is 24.7. The van der Waals surface area contributed by atoms with E-state index >= 15 is 0 Å². The summed E-state index contributed by atoms with van der Waals surface area (Å²) in [7, 11) is 1.86. The summed E-state index contributed by atoms with van der Waals surface area (Å²) < 4.78 is 0. The van der Waals surface area contributed by atoms with Gasteiger partial charge in [-0.3, -0.25) is 9.89 Å². The summed E-state index contributed by atoms with van der Waals surface area (Å²) in [6.07, 6.45) is 9.05. The summed E-state index contributed by atoms with van der Waals surface area (Å²) in [5, 5.41) is 3.53. The van der Waals surface area contributed by atoms with Crippen molar-refractivity contribution >= 4 is 35.9 Å². The fraction of sp³-hybridized carbons (Fsp3) is 0.542. The predicted molar refractivity (Wildman–Crippen MR) is 142 cm³/mol. The molecule has 2 aliphatic heterocycles. The van der Waals surface area contributed by atoms with Crippen molar-refractivity contribution in [3.8, 4) is 0 Å². The molecule has 32 heavy (non-hydrogen) atoms. The van der Waals surface area contributed by atoms with Crippen molar-refractivity contribution in [2.24, 2.45) is 4.99 Å². The van der Waals surface area contributed by atoms with Gasteiger partial charge in [-0.05, 0) is 43.1 Å². The van der Waals surface area contributed by atoms with Crippen LogP contribution < -0.4 is 10.2 Å². The van der Waals surface area contributed by atoms with Gasteiger partial charge in [-0.2, -0.15) is 0 Å². The van der Waals surface area contributed by atoms with E-state index in [9.17, 15) is 0 Å². The maximum absolute atomic E-state index is 4.50. The summed E-state index contributed by atoms with van der Waals surface area (Å²) in [6.45, 7) is 7.96. The normalized spacial score (nSPS) is 18.1. The number of benzene rings is 1. The molecule has 174 valence electrons. The second-order valence-corrected chi connectivity index (χ2v) is 8.43. The standard InChI is InChI=1S/C24H35N7.HI/c1-25-23(30-15-17-31(18-16-30)24-26-11-6-12-27-24)28-19-21-7-9-22(10-8-21)20-29-13-4-2-3-5-14-29;/h6-12H,2-5,13-20H2,1H3,(H,25,28);1H. The maximum atomic E-state index is 4.50. The molecule has 0 aliphatic carbocycles. The van der Waals surface area contributed by atoms with E-state index in [1.165, 1.54) is 49.9 Å². The monoisotopic (exact) mass is 549 g/mol. The predicted octanol–water partition coefficient (Wildman–Crippen LogP) is 3.37. The van der Waals surface area contributed by atoms with E-state index in [-0.39, 0.29) is 24.0 Å². The van der Waals surface area contributed by atoms with Gasteiger partial charge in [0.25, 0.3) is 0 Å². The van der Waals surface area contributed by atoms with E-state index in [0.717, 1.165) is 51.2 Å². The Balaban J connectivity index is 0.00000289. The second-order valence-electron chi connectivity index (χ2n) is 8.43. The molecule has 7 nitrogen and oxygen atoms in total. The van der Waals surface area contributed by atoms with Crippen LogP contribution in [0.1, 0.15) is 36.8 Å². The molecule has 1 N–H and O–H groups in total. The lowest BCUT2D eigenvalue weighted by Crippen LogP contribution is -2.52. The first-order valence-corrected chi connectivity index (χ1v) is 11.6. The highest BCUT2D eigenvalue weighted by Crippen LogP contribution is 2.14. The average Bonchev–Trinajstić information content (AvgIpc) is 3.10. The number of likely N-dealkylation sites (tertiary alicyclic amines) is 1. The number of hydrogen-bond donors (Lipinski definition) is 1. The number of aromatic nitrogens is 2. The summed E-state index contributed by atoms with van der Waals surface area (Å²) >= 11 is 0. The molecule has 8 heteroatoms. The van der Waals surface area contributed by atoms with E-state index in [1.54, 1.807) is 12.4 Å². The molecule has 0 bridgehead atoms. The molecule has 0 unspecified atom stereocenters. The Morgan fingerprint density at radius 3 is 2.12 bits per heavy atom. The molecule has 0 radical (unpaired) electrons. The Morgan fingerprint density at radius 2 is 1.50 bits per heavy atom. The van der Waals surface area contributed by atoms with Gasteiger partial charge in [0.15, 0.2) is 5.96 Å². The van der Waals surface area contributed by atoms with Crippen molar-refractivity contribution < 1.29 is 0 Å². The molecular weight excluding hydrogens is 513 g/mol. The SMILES string of the molecule is CN=C(NCc1ccc(CN2CCCCCC2)cc1)N1CCN(c2ncccn2)CC1.I. The zero-order valence-corrected chi connectivity index (χ0v) is 21.4. The van der Waals surface area contributed by atoms with Crippen molar-refractivity contribution in [1.29, 1.82) is 0 Å². The van der Waals surface area contributed by atoms with Gasteiger partial charge in [-0.25, -0.2) is 9.97 Å². The van der Waals surface area contributed by atoms with Crippen molar-refractivity contribution in [2.75, 3.05) is 51.2 Å². The molecule has 2 saturated heterocycles. The van der Waals surface area contributed by atoms with Gasteiger partial charge in [0.1, 0.15) is 0 Å². The van der Waals surface area contributed by atoms with Crippen LogP contribution in [-0.4, -0.2) is 72.0 Å². The Hall–Kier alpha value is -1.94. The summed E-state index contributed by atoms with van der Waals surface area (Å²) in [4.78, 5) is 20.4. The van der Waals surface area contributed by atoms with Crippen LogP contribution in [0.4, 0.5) is 5.95 Å². The molecule has 0 atom stereocenters. The van der Waals surface area contributed by atoms with E-state index in [0.29, 0.717) is 0 Å². The third-order valence-corrected chi connectivity index (χ3v) is 6.20. The first-order valence-electron chi connectivity index (χ1n) is 11.6. The quantitative estimate of drug-likeness (QED) is 0.351. The number of hydrogen-bond acceptors (Lipinski definition) is 5. The number of nitrogens with one attached hydrogen (secondary N) is 1. The largest absolute Gasteiger partial charge is 0.352 e. The minimum atomic E-state index is 0. The molecule has 2 fully saturated rings. The van der Waals surface area contributed by atoms with Gasteiger partial charge < -0.3 is 15.1 Å². The molecule has 1 aromatic carbocycles. The molecular formula is C24H36IN7. The topological polar surface area (TPSA) is 59.9 Å². The minimum Gasteiger partial charge on any atom is -0.352 e. The Labute approximate surface area is 209 Å². The molecule has 0 spiro atoms.